The zero-order valence-electron chi connectivity index (χ0n) is 14.6. The largest absolute Gasteiger partial charge is 0.307 e. The summed E-state index contributed by atoms with van der Waals surface area (Å²) in [5, 5.41) is 14.2. The van der Waals surface area contributed by atoms with Gasteiger partial charge in [0, 0.05) is 11.6 Å². The van der Waals surface area contributed by atoms with E-state index in [-0.39, 0.29) is 6.61 Å². The molecule has 0 spiro atoms. The van der Waals surface area contributed by atoms with Crippen molar-refractivity contribution in [2.75, 3.05) is 7.05 Å². The topological polar surface area (TPSA) is 99.3 Å². The van der Waals surface area contributed by atoms with E-state index in [0.717, 1.165) is 24.2 Å². The van der Waals surface area contributed by atoms with Crippen molar-refractivity contribution >= 4 is 11.0 Å². The quantitative estimate of drug-likeness (QED) is 0.590. The van der Waals surface area contributed by atoms with E-state index in [0.29, 0.717) is 16.5 Å². The maximum Gasteiger partial charge on any atom is 0.294 e. The number of hydrogen-bond acceptors (Lipinski definition) is 5. The van der Waals surface area contributed by atoms with Crippen molar-refractivity contribution in [1.29, 1.82) is 0 Å². The molecule has 1 N–H and O–H groups in total. The van der Waals surface area contributed by atoms with E-state index < -0.39 is 16.1 Å². The van der Waals surface area contributed by atoms with Gasteiger partial charge in [0.15, 0.2) is 0 Å². The van der Waals surface area contributed by atoms with E-state index in [9.17, 15) is 14.3 Å². The molecule has 3 rings (SSSR count). The Bertz CT molecular complexity index is 785. The summed E-state index contributed by atoms with van der Waals surface area (Å²) in [5.41, 5.74) is 2.43. The molecule has 0 saturated heterocycles. The van der Waals surface area contributed by atoms with Crippen LogP contribution in [0.4, 0.5) is 0 Å². The Kier molecular flexibility index (Phi) is 6.00. The normalized spacial score (nSPS) is 16.3. The molecule has 1 aliphatic rings. The molecule has 1 aromatic heterocycles. The van der Waals surface area contributed by atoms with E-state index in [1.165, 1.54) is 19.3 Å². The van der Waals surface area contributed by atoms with Gasteiger partial charge in [0.25, 0.3) is 5.09 Å². The lowest BCUT2D eigenvalue weighted by Gasteiger charge is -2.22. The molecule has 1 saturated carbocycles. The molecule has 0 bridgehead atoms. The van der Waals surface area contributed by atoms with Crippen LogP contribution in [-0.2, 0) is 22.4 Å². The Morgan fingerprint density at radius 3 is 2.62 bits per heavy atom. The third kappa shape index (κ3) is 4.28. The number of aromatic nitrogens is 2. The highest BCUT2D eigenvalue weighted by Crippen LogP contribution is 2.34. The standard InChI is InChI=1S/C17H22N4O4S/c1-18-26(24)16-9-7-15(8-10-16)20-17(13-5-3-2-4-6-13)11-14(19-20)12-25-21(22)23/h7-11,13,18H,2-6,12H2,1H3. The lowest BCUT2D eigenvalue weighted by atomic mass is 9.86. The van der Waals surface area contributed by atoms with Gasteiger partial charge in [-0.1, -0.05) is 19.3 Å². The van der Waals surface area contributed by atoms with Crippen LogP contribution in [0.5, 0.6) is 0 Å². The van der Waals surface area contributed by atoms with Gasteiger partial charge in [-0.2, -0.15) is 5.10 Å². The van der Waals surface area contributed by atoms with Crippen LogP contribution < -0.4 is 4.72 Å². The molecule has 140 valence electrons. The fourth-order valence-electron chi connectivity index (χ4n) is 3.36. The van der Waals surface area contributed by atoms with Crippen LogP contribution in [0.15, 0.2) is 35.2 Å². The third-order valence-corrected chi connectivity index (χ3v) is 5.68. The minimum absolute atomic E-state index is 0.165. The highest BCUT2D eigenvalue weighted by atomic mass is 32.2. The van der Waals surface area contributed by atoms with Crippen LogP contribution in [0.2, 0.25) is 0 Å². The van der Waals surface area contributed by atoms with Crippen molar-refractivity contribution in [3.05, 3.63) is 51.8 Å². The molecule has 0 aliphatic heterocycles. The molecule has 8 nitrogen and oxygen atoms in total. The number of nitrogens with zero attached hydrogens (tertiary/aromatic N) is 3. The molecule has 1 heterocycles. The van der Waals surface area contributed by atoms with Gasteiger partial charge < -0.3 is 4.84 Å². The zero-order chi connectivity index (χ0) is 18.5. The predicted octanol–water partition coefficient (Wildman–Crippen LogP) is 2.87. The average Bonchev–Trinajstić information content (AvgIpc) is 3.11. The second-order valence-corrected chi connectivity index (χ2v) is 7.69. The summed E-state index contributed by atoms with van der Waals surface area (Å²) >= 11 is 0. The average molecular weight is 378 g/mol. The fraction of sp³-hybridized carbons (Fsp3) is 0.471. The smallest absolute Gasteiger partial charge is 0.294 e. The first kappa shape index (κ1) is 18.5. The number of rotatable bonds is 7. The Balaban J connectivity index is 1.92. The number of nitrogens with one attached hydrogen (secondary N) is 1. The van der Waals surface area contributed by atoms with Crippen molar-refractivity contribution in [2.45, 2.75) is 49.5 Å². The summed E-state index contributed by atoms with van der Waals surface area (Å²) in [6, 6.07) is 9.21. The van der Waals surface area contributed by atoms with Crippen LogP contribution >= 0.6 is 0 Å². The summed E-state index contributed by atoms with van der Waals surface area (Å²) in [6.07, 6.45) is 5.77. The molecular weight excluding hydrogens is 356 g/mol. The van der Waals surface area contributed by atoms with E-state index in [2.05, 4.69) is 14.7 Å². The molecule has 1 aliphatic carbocycles. The summed E-state index contributed by atoms with van der Waals surface area (Å²) in [7, 11) is 0.397. The number of benzene rings is 1. The molecular formula is C17H22N4O4S. The molecule has 0 radical (unpaired) electrons. The minimum atomic E-state index is -1.24. The Hall–Kier alpha value is -2.26. The minimum Gasteiger partial charge on any atom is -0.307 e. The van der Waals surface area contributed by atoms with E-state index in [1.807, 2.05) is 22.9 Å². The second kappa shape index (κ2) is 8.41. The first-order valence-electron chi connectivity index (χ1n) is 8.64. The van der Waals surface area contributed by atoms with Crippen LogP contribution in [0.25, 0.3) is 5.69 Å². The molecule has 1 fully saturated rings. The summed E-state index contributed by atoms with van der Waals surface area (Å²) in [5.74, 6) is 0.381. The maximum atomic E-state index is 11.8. The molecule has 0 amide bonds. The van der Waals surface area contributed by atoms with Crippen LogP contribution in [0.1, 0.15) is 49.4 Å². The molecule has 9 heteroatoms. The van der Waals surface area contributed by atoms with E-state index in [1.54, 1.807) is 19.2 Å². The Morgan fingerprint density at radius 1 is 1.31 bits per heavy atom. The zero-order valence-corrected chi connectivity index (χ0v) is 15.4. The molecule has 1 atom stereocenters. The number of hydrogen-bond donors (Lipinski definition) is 1. The predicted molar refractivity (Wildman–Crippen MR) is 96.6 cm³/mol. The first-order valence-corrected chi connectivity index (χ1v) is 9.79. The summed E-state index contributed by atoms with van der Waals surface area (Å²) in [4.78, 5) is 15.6. The molecule has 26 heavy (non-hydrogen) atoms. The SMILES string of the molecule is CNS(=O)c1ccc(-n2nc(CO[N+](=O)[O-])cc2C2CCCCC2)cc1. The Labute approximate surface area is 154 Å². The van der Waals surface area contributed by atoms with E-state index in [4.69, 9.17) is 0 Å². The third-order valence-electron chi connectivity index (χ3n) is 4.61. The van der Waals surface area contributed by atoms with Crippen molar-refractivity contribution in [3.8, 4) is 5.69 Å². The van der Waals surface area contributed by atoms with Gasteiger partial charge in [0.2, 0.25) is 0 Å². The van der Waals surface area contributed by atoms with Gasteiger partial charge >= 0.3 is 0 Å². The summed E-state index contributed by atoms with van der Waals surface area (Å²) < 4.78 is 16.4. The molecule has 2 aromatic rings. The maximum absolute atomic E-state index is 11.8. The highest BCUT2D eigenvalue weighted by Gasteiger charge is 2.22. The van der Waals surface area contributed by atoms with Gasteiger partial charge in [-0.05, 0) is 50.2 Å². The van der Waals surface area contributed by atoms with Crippen molar-refractivity contribution in [3.63, 3.8) is 0 Å². The first-order chi connectivity index (χ1) is 12.6. The second-order valence-electron chi connectivity index (χ2n) is 6.27. The lowest BCUT2D eigenvalue weighted by molar-refractivity contribution is -0.763. The van der Waals surface area contributed by atoms with E-state index >= 15 is 0 Å². The fourth-order valence-corrected chi connectivity index (χ4v) is 3.98. The van der Waals surface area contributed by atoms with Crippen LogP contribution in [0, 0.1) is 10.1 Å². The molecule has 1 unspecified atom stereocenters. The van der Waals surface area contributed by atoms with Gasteiger partial charge in [-0.3, -0.25) is 0 Å². The van der Waals surface area contributed by atoms with Gasteiger partial charge in [0.05, 0.1) is 16.3 Å². The van der Waals surface area contributed by atoms with Crippen LogP contribution in [-0.4, -0.2) is 26.1 Å². The van der Waals surface area contributed by atoms with Crippen LogP contribution in [0.3, 0.4) is 0 Å². The Morgan fingerprint density at radius 2 is 2.00 bits per heavy atom. The monoisotopic (exact) mass is 378 g/mol. The van der Waals surface area contributed by atoms with Gasteiger partial charge in [-0.15, -0.1) is 10.1 Å². The van der Waals surface area contributed by atoms with Crippen molar-refractivity contribution < 1.29 is 14.1 Å². The molecule has 1 aromatic carbocycles. The summed E-state index contributed by atoms with van der Waals surface area (Å²) in [6.45, 7) is -0.165. The van der Waals surface area contributed by atoms with Crippen molar-refractivity contribution in [2.24, 2.45) is 0 Å². The van der Waals surface area contributed by atoms with Gasteiger partial charge in [-0.25, -0.2) is 13.6 Å². The van der Waals surface area contributed by atoms with Gasteiger partial charge in [0.1, 0.15) is 17.6 Å². The highest BCUT2D eigenvalue weighted by molar-refractivity contribution is 7.83. The lowest BCUT2D eigenvalue weighted by Crippen LogP contribution is -2.12. The van der Waals surface area contributed by atoms with Crippen molar-refractivity contribution in [1.82, 2.24) is 14.5 Å².